The van der Waals surface area contributed by atoms with E-state index in [1.807, 2.05) is 84.9 Å². The van der Waals surface area contributed by atoms with Gasteiger partial charge in [-0.05, 0) is 59.1 Å². The van der Waals surface area contributed by atoms with Gasteiger partial charge in [0.05, 0.1) is 60.2 Å². The van der Waals surface area contributed by atoms with Crippen molar-refractivity contribution in [3.05, 3.63) is 114 Å². The summed E-state index contributed by atoms with van der Waals surface area (Å²) >= 11 is 0. The van der Waals surface area contributed by atoms with Gasteiger partial charge in [0.25, 0.3) is 5.91 Å². The molecule has 3 heterocycles. The molecule has 55 heavy (non-hydrogen) atoms. The first kappa shape index (κ1) is 38.1. The van der Waals surface area contributed by atoms with Crippen molar-refractivity contribution in [1.29, 1.82) is 0 Å². The third-order valence-electron chi connectivity index (χ3n) is 11.7. The van der Waals surface area contributed by atoms with Crippen LogP contribution in [0.4, 0.5) is 16.2 Å². The van der Waals surface area contributed by atoms with Gasteiger partial charge in [0, 0.05) is 30.3 Å². The molecule has 2 fully saturated rings. The fourth-order valence-electron chi connectivity index (χ4n) is 8.93. The van der Waals surface area contributed by atoms with Crippen molar-refractivity contribution in [2.45, 2.75) is 56.8 Å². The molecule has 3 amide bonds. The van der Waals surface area contributed by atoms with Crippen LogP contribution in [0.1, 0.15) is 30.0 Å². The zero-order chi connectivity index (χ0) is 38.9. The van der Waals surface area contributed by atoms with Crippen molar-refractivity contribution in [1.82, 2.24) is 4.90 Å². The lowest BCUT2D eigenvalue weighted by molar-refractivity contribution is -0.150. The second-order valence-electron chi connectivity index (χ2n) is 15.1. The summed E-state index contributed by atoms with van der Waals surface area (Å²) in [7, 11) is 0.696. The molecule has 4 atom stereocenters. The highest BCUT2D eigenvalue weighted by Gasteiger charge is 2.66. The zero-order valence-electron chi connectivity index (χ0n) is 32.1. The number of aliphatic hydroxyl groups excluding tert-OH is 1. The highest BCUT2D eigenvalue weighted by Crippen LogP contribution is 2.60. The number of amides is 3. The molecule has 4 aromatic rings. The van der Waals surface area contributed by atoms with E-state index in [1.165, 1.54) is 0 Å². The minimum atomic E-state index is -2.55. The van der Waals surface area contributed by atoms with Gasteiger partial charge in [-0.3, -0.25) is 14.5 Å². The largest absolute Gasteiger partial charge is 0.497 e. The minimum Gasteiger partial charge on any atom is -0.497 e. The van der Waals surface area contributed by atoms with Crippen LogP contribution in [0.25, 0.3) is 0 Å². The molecule has 11 nitrogen and oxygen atoms in total. The number of anilines is 2. The molecule has 1 N–H and O–H groups in total. The van der Waals surface area contributed by atoms with Gasteiger partial charge in [0.1, 0.15) is 18.1 Å². The van der Waals surface area contributed by atoms with Gasteiger partial charge in [-0.15, -0.1) is 0 Å². The number of nitrogens with zero attached hydrogens (tertiary/aromatic N) is 3. The van der Waals surface area contributed by atoms with E-state index in [0.717, 1.165) is 22.1 Å². The van der Waals surface area contributed by atoms with E-state index < -0.39 is 25.9 Å². The average Bonchev–Trinajstić information content (AvgIpc) is 3.83. The van der Waals surface area contributed by atoms with E-state index in [2.05, 4.69) is 32.2 Å². The Labute approximate surface area is 323 Å². The maximum Gasteiger partial charge on any atom is 0.414 e. The Kier molecular flexibility index (Phi) is 10.8. The molecule has 1 spiro atoms. The lowest BCUT2D eigenvalue weighted by atomic mass is 9.82. The van der Waals surface area contributed by atoms with Gasteiger partial charge < -0.3 is 33.9 Å². The van der Waals surface area contributed by atoms with Crippen molar-refractivity contribution in [2.24, 2.45) is 5.92 Å². The van der Waals surface area contributed by atoms with E-state index in [-0.39, 0.29) is 49.4 Å². The predicted molar refractivity (Wildman–Crippen MR) is 212 cm³/mol. The number of cyclic esters (lactones) is 1. The number of methoxy groups -OCH3 is 2. The van der Waals surface area contributed by atoms with Crippen molar-refractivity contribution in [3.8, 4) is 11.5 Å². The van der Waals surface area contributed by atoms with Crippen LogP contribution in [0.5, 0.6) is 11.5 Å². The molecular formula is C43H49N3O8Si. The second-order valence-corrected chi connectivity index (χ2v) is 19.8. The number of hydrogen-bond acceptors (Lipinski definition) is 8. The van der Waals surface area contributed by atoms with Gasteiger partial charge in [-0.2, -0.15) is 0 Å². The maximum absolute atomic E-state index is 15.3. The van der Waals surface area contributed by atoms with Gasteiger partial charge in [0.15, 0.2) is 5.60 Å². The molecule has 0 saturated carbocycles. The Morgan fingerprint density at radius 3 is 2.31 bits per heavy atom. The maximum atomic E-state index is 15.3. The van der Waals surface area contributed by atoms with E-state index in [4.69, 9.17) is 18.9 Å². The summed E-state index contributed by atoms with van der Waals surface area (Å²) in [4.78, 5) is 47.2. The fraction of sp³-hybridized carbons (Fsp3) is 0.372. The van der Waals surface area contributed by atoms with Gasteiger partial charge in [0.2, 0.25) is 5.91 Å². The summed E-state index contributed by atoms with van der Waals surface area (Å²) in [5.41, 5.74) is 2.34. The fourth-order valence-corrected chi connectivity index (χ4v) is 12.9. The Balaban J connectivity index is 1.29. The molecule has 0 radical (unpaired) electrons. The van der Waals surface area contributed by atoms with Crippen LogP contribution >= 0.6 is 0 Å². The van der Waals surface area contributed by atoms with E-state index in [1.54, 1.807) is 28.9 Å². The molecule has 0 aliphatic carbocycles. The Hall–Kier alpha value is -5.17. The van der Waals surface area contributed by atoms with Crippen molar-refractivity contribution in [2.75, 3.05) is 50.3 Å². The standard InChI is InChI=1S/C43H49N3O8Si/c1-29-40(55(4,5)35-17-14-33(51-2)15-18-35)38(26-39(48)44(20-22-47)27-30-10-7-6-8-11-30)54-43(29)36-25-34(52-3)16-19-37(36)46(41(43)49)28-31-12-9-13-32(24-31)45-21-23-53-42(45)50/h6-19,24-25,29,38,40,47H,20-23,26-28H2,1-5H3/t29-,38+,40-,43+/m1/s1. The van der Waals surface area contributed by atoms with Crippen LogP contribution in [-0.4, -0.2) is 82.6 Å². The number of rotatable bonds is 13. The molecule has 2 saturated heterocycles. The molecule has 288 valence electrons. The first-order valence-electron chi connectivity index (χ1n) is 18.8. The minimum absolute atomic E-state index is 0.0384. The van der Waals surface area contributed by atoms with Crippen LogP contribution in [0.2, 0.25) is 18.6 Å². The number of benzene rings is 4. The number of carbonyl (C=O) groups is 3. The summed E-state index contributed by atoms with van der Waals surface area (Å²) in [6, 6.07) is 31.1. The smallest absolute Gasteiger partial charge is 0.414 e. The predicted octanol–water partition coefficient (Wildman–Crippen LogP) is 5.83. The number of hydrogen-bond donors (Lipinski definition) is 1. The third-order valence-corrected chi connectivity index (χ3v) is 16.0. The van der Waals surface area contributed by atoms with Gasteiger partial charge in [-0.1, -0.05) is 79.8 Å². The SMILES string of the molecule is COc1ccc([Si](C)(C)[C@H]2[C@H](CC(=O)N(CCO)Cc3ccccc3)O[C@@]3(C(=O)N(Cc4cccc(N5CCOC5=O)c4)c4ccc(OC)cc43)[C@@H]2C)cc1. The van der Waals surface area contributed by atoms with Crippen LogP contribution in [0, 0.1) is 5.92 Å². The topological polar surface area (TPSA) is 118 Å². The molecule has 7 rings (SSSR count). The Morgan fingerprint density at radius 2 is 1.64 bits per heavy atom. The highest BCUT2D eigenvalue weighted by molar-refractivity contribution is 6.91. The lowest BCUT2D eigenvalue weighted by Gasteiger charge is -2.37. The molecular weight excluding hydrogens is 715 g/mol. The summed E-state index contributed by atoms with van der Waals surface area (Å²) in [6.07, 6.45) is -0.970. The van der Waals surface area contributed by atoms with Crippen molar-refractivity contribution < 1.29 is 38.4 Å². The van der Waals surface area contributed by atoms with Crippen LogP contribution in [-0.2, 0) is 37.8 Å². The molecule has 12 heteroatoms. The Bertz CT molecular complexity index is 2040. The van der Waals surface area contributed by atoms with Crippen LogP contribution < -0.4 is 24.5 Å². The molecule has 0 unspecified atom stereocenters. The summed E-state index contributed by atoms with van der Waals surface area (Å²) in [5.74, 6) is 0.648. The number of aliphatic hydroxyl groups is 1. The number of ether oxygens (including phenoxy) is 4. The van der Waals surface area contributed by atoms with E-state index in [0.29, 0.717) is 42.4 Å². The van der Waals surface area contributed by atoms with Crippen LogP contribution in [0.15, 0.2) is 97.1 Å². The van der Waals surface area contributed by atoms with Gasteiger partial charge >= 0.3 is 6.09 Å². The third kappa shape index (κ3) is 6.98. The first-order chi connectivity index (χ1) is 26.5. The highest BCUT2D eigenvalue weighted by atomic mass is 28.3. The summed E-state index contributed by atoms with van der Waals surface area (Å²) in [5, 5.41) is 11.2. The monoisotopic (exact) mass is 763 g/mol. The number of fused-ring (bicyclic) bond motifs is 2. The molecule has 0 bridgehead atoms. The molecule has 3 aliphatic rings. The van der Waals surface area contributed by atoms with E-state index in [9.17, 15) is 14.7 Å². The Morgan fingerprint density at radius 1 is 0.927 bits per heavy atom. The summed E-state index contributed by atoms with van der Waals surface area (Å²) in [6.45, 7) is 8.01. The molecule has 4 aromatic carbocycles. The summed E-state index contributed by atoms with van der Waals surface area (Å²) < 4.78 is 23.6. The normalized spacial score (nSPS) is 21.9. The number of carbonyl (C=O) groups excluding carboxylic acids is 3. The molecule has 3 aliphatic heterocycles. The van der Waals surface area contributed by atoms with Crippen molar-refractivity contribution in [3.63, 3.8) is 0 Å². The quantitative estimate of drug-likeness (QED) is 0.169. The van der Waals surface area contributed by atoms with Gasteiger partial charge in [-0.25, -0.2) is 4.79 Å². The zero-order valence-corrected chi connectivity index (χ0v) is 33.1. The van der Waals surface area contributed by atoms with E-state index >= 15 is 4.79 Å². The first-order valence-corrected chi connectivity index (χ1v) is 21.9. The van der Waals surface area contributed by atoms with Crippen molar-refractivity contribution >= 4 is 42.5 Å². The van der Waals surface area contributed by atoms with Crippen LogP contribution in [0.3, 0.4) is 0 Å². The average molecular weight is 764 g/mol. The lowest BCUT2D eigenvalue weighted by Crippen LogP contribution is -2.52. The molecule has 0 aromatic heterocycles. The second kappa shape index (κ2) is 15.5.